The third kappa shape index (κ3) is 1.20. The van der Waals surface area contributed by atoms with E-state index in [1.165, 1.54) is 29.4 Å². The van der Waals surface area contributed by atoms with E-state index in [1.807, 2.05) is 18.3 Å². The second-order valence-corrected chi connectivity index (χ2v) is 4.95. The van der Waals surface area contributed by atoms with Gasteiger partial charge in [0.2, 0.25) is 0 Å². The molecule has 0 radical (unpaired) electrons. The largest absolute Gasteiger partial charge is 0.383 e. The van der Waals surface area contributed by atoms with Crippen LogP contribution in [-0.4, -0.2) is 15.2 Å². The normalized spacial score (nSPS) is 15.1. The summed E-state index contributed by atoms with van der Waals surface area (Å²) in [6.45, 7) is 0. The SMILES string of the molecule is Nc1nc2ccc3[nH]ncc3c2c2c1CCCC2. The number of aryl methyl sites for hydroxylation is 1. The molecule has 18 heavy (non-hydrogen) atoms. The molecule has 0 saturated carbocycles. The Morgan fingerprint density at radius 3 is 2.83 bits per heavy atom. The standard InChI is InChI=1S/C14H14N4/c15-14-9-4-2-1-3-8(9)13-10-7-16-18-11(10)5-6-12(13)17-14/h5-7H,1-4H2,(H2,15,17)(H,16,18). The maximum atomic E-state index is 6.09. The molecule has 3 aromatic rings. The van der Waals surface area contributed by atoms with Gasteiger partial charge in [-0.25, -0.2) is 4.98 Å². The molecule has 0 aliphatic heterocycles. The highest BCUT2D eigenvalue weighted by molar-refractivity contribution is 6.07. The lowest BCUT2D eigenvalue weighted by molar-refractivity contribution is 0.690. The summed E-state index contributed by atoms with van der Waals surface area (Å²) in [5.41, 5.74) is 10.8. The molecule has 0 atom stereocenters. The number of pyridine rings is 1. The van der Waals surface area contributed by atoms with Crippen molar-refractivity contribution in [2.45, 2.75) is 25.7 Å². The fraction of sp³-hybridized carbons (Fsp3) is 0.286. The number of hydrogen-bond donors (Lipinski definition) is 2. The van der Waals surface area contributed by atoms with E-state index in [-0.39, 0.29) is 0 Å². The molecule has 2 heterocycles. The van der Waals surface area contributed by atoms with E-state index < -0.39 is 0 Å². The Hall–Kier alpha value is -2.10. The summed E-state index contributed by atoms with van der Waals surface area (Å²) in [7, 11) is 0. The number of benzene rings is 1. The zero-order valence-corrected chi connectivity index (χ0v) is 10.0. The number of nitrogens with one attached hydrogen (secondary N) is 1. The van der Waals surface area contributed by atoms with Crippen LogP contribution in [0, 0.1) is 0 Å². The van der Waals surface area contributed by atoms with Crippen molar-refractivity contribution in [3.05, 3.63) is 29.5 Å². The Balaban J connectivity index is 2.24. The first-order valence-electron chi connectivity index (χ1n) is 6.37. The van der Waals surface area contributed by atoms with Crippen molar-refractivity contribution in [2.24, 2.45) is 0 Å². The molecule has 0 unspecified atom stereocenters. The van der Waals surface area contributed by atoms with E-state index in [4.69, 9.17) is 5.73 Å². The first kappa shape index (κ1) is 9.88. The van der Waals surface area contributed by atoms with Gasteiger partial charge in [-0.2, -0.15) is 5.10 Å². The van der Waals surface area contributed by atoms with Gasteiger partial charge in [-0.15, -0.1) is 0 Å². The zero-order chi connectivity index (χ0) is 12.1. The Labute approximate surface area is 104 Å². The molecule has 3 N–H and O–H groups in total. The number of hydrogen-bond acceptors (Lipinski definition) is 3. The number of nitrogens with two attached hydrogens (primary N) is 1. The lowest BCUT2D eigenvalue weighted by atomic mass is 9.88. The fourth-order valence-corrected chi connectivity index (χ4v) is 3.08. The summed E-state index contributed by atoms with van der Waals surface area (Å²) in [6, 6.07) is 4.05. The molecule has 1 aliphatic carbocycles. The number of anilines is 1. The predicted octanol–water partition coefficient (Wildman–Crippen LogP) is 2.57. The lowest BCUT2D eigenvalue weighted by Gasteiger charge is -2.19. The van der Waals surface area contributed by atoms with Crippen LogP contribution in [0.5, 0.6) is 0 Å². The van der Waals surface area contributed by atoms with Crippen LogP contribution in [0.3, 0.4) is 0 Å². The molecular weight excluding hydrogens is 224 g/mol. The Kier molecular flexibility index (Phi) is 1.89. The van der Waals surface area contributed by atoms with Crippen molar-refractivity contribution in [1.82, 2.24) is 15.2 Å². The highest BCUT2D eigenvalue weighted by Gasteiger charge is 2.18. The first-order valence-corrected chi connectivity index (χ1v) is 6.37. The van der Waals surface area contributed by atoms with Gasteiger partial charge in [0.1, 0.15) is 5.82 Å². The van der Waals surface area contributed by atoms with Gasteiger partial charge in [-0.05, 0) is 48.9 Å². The Bertz CT molecular complexity index is 757. The second-order valence-electron chi connectivity index (χ2n) is 4.95. The van der Waals surface area contributed by atoms with Crippen LogP contribution in [0.25, 0.3) is 21.8 Å². The van der Waals surface area contributed by atoms with Crippen LogP contribution in [0.4, 0.5) is 5.82 Å². The summed E-state index contributed by atoms with van der Waals surface area (Å²) in [5, 5.41) is 9.57. The van der Waals surface area contributed by atoms with Gasteiger partial charge in [-0.1, -0.05) is 0 Å². The third-order valence-electron chi connectivity index (χ3n) is 3.92. The van der Waals surface area contributed by atoms with Crippen LogP contribution in [0.15, 0.2) is 18.3 Å². The number of rotatable bonds is 0. The van der Waals surface area contributed by atoms with E-state index in [9.17, 15) is 0 Å². The quantitative estimate of drug-likeness (QED) is 0.632. The summed E-state index contributed by atoms with van der Waals surface area (Å²) in [6.07, 6.45) is 6.50. The molecule has 0 fully saturated rings. The van der Waals surface area contributed by atoms with Gasteiger partial charge < -0.3 is 5.73 Å². The molecule has 1 aliphatic rings. The number of nitrogens with zero attached hydrogens (tertiary/aromatic N) is 2. The first-order chi connectivity index (χ1) is 8.84. The van der Waals surface area contributed by atoms with E-state index >= 15 is 0 Å². The molecule has 4 rings (SSSR count). The minimum Gasteiger partial charge on any atom is -0.383 e. The number of aromatic amines is 1. The summed E-state index contributed by atoms with van der Waals surface area (Å²) in [4.78, 5) is 4.55. The summed E-state index contributed by atoms with van der Waals surface area (Å²) >= 11 is 0. The topological polar surface area (TPSA) is 67.6 Å². The summed E-state index contributed by atoms with van der Waals surface area (Å²) < 4.78 is 0. The molecule has 90 valence electrons. The fourth-order valence-electron chi connectivity index (χ4n) is 3.08. The van der Waals surface area contributed by atoms with Crippen molar-refractivity contribution < 1.29 is 0 Å². The number of aromatic nitrogens is 3. The Morgan fingerprint density at radius 1 is 1.11 bits per heavy atom. The van der Waals surface area contributed by atoms with Gasteiger partial charge >= 0.3 is 0 Å². The van der Waals surface area contributed by atoms with Crippen LogP contribution in [-0.2, 0) is 12.8 Å². The third-order valence-corrected chi connectivity index (χ3v) is 3.92. The predicted molar refractivity (Wildman–Crippen MR) is 72.4 cm³/mol. The Morgan fingerprint density at radius 2 is 1.94 bits per heavy atom. The van der Waals surface area contributed by atoms with Crippen LogP contribution >= 0.6 is 0 Å². The molecule has 4 heteroatoms. The number of H-pyrrole nitrogens is 1. The van der Waals surface area contributed by atoms with Crippen molar-refractivity contribution in [3.63, 3.8) is 0 Å². The van der Waals surface area contributed by atoms with E-state index in [0.717, 1.165) is 29.3 Å². The molecule has 0 saturated heterocycles. The number of fused-ring (bicyclic) bond motifs is 5. The van der Waals surface area contributed by atoms with Crippen LogP contribution in [0.1, 0.15) is 24.0 Å². The average molecular weight is 238 g/mol. The monoisotopic (exact) mass is 238 g/mol. The van der Waals surface area contributed by atoms with Gasteiger partial charge in [0.25, 0.3) is 0 Å². The second kappa shape index (κ2) is 3.45. The van der Waals surface area contributed by atoms with Gasteiger partial charge in [0.05, 0.1) is 17.2 Å². The molecule has 0 amide bonds. The van der Waals surface area contributed by atoms with E-state index in [1.54, 1.807) is 0 Å². The number of nitrogen functional groups attached to an aromatic ring is 1. The minimum absolute atomic E-state index is 0.708. The minimum atomic E-state index is 0.708. The molecule has 0 spiro atoms. The van der Waals surface area contributed by atoms with Gasteiger partial charge in [-0.3, -0.25) is 5.10 Å². The van der Waals surface area contributed by atoms with E-state index in [2.05, 4.69) is 15.2 Å². The molecule has 4 nitrogen and oxygen atoms in total. The van der Waals surface area contributed by atoms with Crippen LogP contribution < -0.4 is 5.73 Å². The molecule has 0 bridgehead atoms. The van der Waals surface area contributed by atoms with Crippen molar-refractivity contribution >= 4 is 27.6 Å². The van der Waals surface area contributed by atoms with Crippen molar-refractivity contribution in [1.29, 1.82) is 0 Å². The molecule has 2 aromatic heterocycles. The molecular formula is C14H14N4. The highest BCUT2D eigenvalue weighted by Crippen LogP contribution is 2.34. The van der Waals surface area contributed by atoms with E-state index in [0.29, 0.717) is 5.82 Å². The molecule has 1 aromatic carbocycles. The van der Waals surface area contributed by atoms with Crippen LogP contribution in [0.2, 0.25) is 0 Å². The average Bonchev–Trinajstić information content (AvgIpc) is 2.87. The summed E-state index contributed by atoms with van der Waals surface area (Å²) in [5.74, 6) is 0.708. The zero-order valence-electron chi connectivity index (χ0n) is 10.0. The maximum Gasteiger partial charge on any atom is 0.127 e. The van der Waals surface area contributed by atoms with Crippen molar-refractivity contribution in [3.8, 4) is 0 Å². The van der Waals surface area contributed by atoms with Crippen molar-refractivity contribution in [2.75, 3.05) is 5.73 Å². The van der Waals surface area contributed by atoms with Gasteiger partial charge in [0, 0.05) is 10.8 Å². The lowest BCUT2D eigenvalue weighted by Crippen LogP contribution is -2.09. The van der Waals surface area contributed by atoms with Gasteiger partial charge in [0.15, 0.2) is 0 Å². The smallest absolute Gasteiger partial charge is 0.127 e. The maximum absolute atomic E-state index is 6.09. The highest BCUT2D eigenvalue weighted by atomic mass is 15.1.